The summed E-state index contributed by atoms with van der Waals surface area (Å²) in [5.74, 6) is -1.16. The van der Waals surface area contributed by atoms with E-state index in [0.29, 0.717) is 24.7 Å². The lowest BCUT2D eigenvalue weighted by Crippen LogP contribution is -2.44. The van der Waals surface area contributed by atoms with Crippen LogP contribution in [-0.2, 0) is 6.54 Å². The first-order chi connectivity index (χ1) is 16.0. The second kappa shape index (κ2) is 9.15. The highest BCUT2D eigenvalue weighted by Crippen LogP contribution is 2.35. The van der Waals surface area contributed by atoms with Crippen LogP contribution in [0.4, 0.5) is 13.2 Å². The van der Waals surface area contributed by atoms with E-state index in [1.165, 1.54) is 12.1 Å². The zero-order valence-corrected chi connectivity index (χ0v) is 18.2. The molecule has 7 heteroatoms. The van der Waals surface area contributed by atoms with Gasteiger partial charge in [-0.25, -0.2) is 13.2 Å². The lowest BCUT2D eigenvalue weighted by Gasteiger charge is -2.34. The lowest BCUT2D eigenvalue weighted by atomic mass is 9.97. The molecule has 1 aromatic heterocycles. The standard InChI is InChI=1S/C26H26F3N3O/c27-20-5-7-22(28)18(14-20)2-1-11-30-21-9-12-31(13-10-21)15-19-16-32-24(33)8-4-17-3-6-23(29)25(19)26(17)32/h1-8,14,19,21,30H,9-13,15-16H2/b2-1+/t19-/m0/s1. The van der Waals surface area contributed by atoms with Crippen molar-refractivity contribution < 1.29 is 13.2 Å². The van der Waals surface area contributed by atoms with Gasteiger partial charge >= 0.3 is 0 Å². The minimum atomic E-state index is -0.456. The van der Waals surface area contributed by atoms with Crippen LogP contribution in [-0.4, -0.2) is 41.7 Å². The molecule has 172 valence electrons. The quantitative estimate of drug-likeness (QED) is 0.605. The van der Waals surface area contributed by atoms with E-state index in [-0.39, 0.29) is 22.9 Å². The maximum Gasteiger partial charge on any atom is 0.251 e. The summed E-state index contributed by atoms with van der Waals surface area (Å²) in [7, 11) is 0. The number of nitrogens with zero attached hydrogens (tertiary/aromatic N) is 2. The molecule has 2 aliphatic rings. The second-order valence-electron chi connectivity index (χ2n) is 8.93. The summed E-state index contributed by atoms with van der Waals surface area (Å²) in [6.07, 6.45) is 5.31. The van der Waals surface area contributed by atoms with E-state index in [9.17, 15) is 18.0 Å². The van der Waals surface area contributed by atoms with Gasteiger partial charge in [-0.1, -0.05) is 12.2 Å². The van der Waals surface area contributed by atoms with Gasteiger partial charge in [0, 0.05) is 48.8 Å². The Bertz CT molecular complexity index is 1260. The van der Waals surface area contributed by atoms with Gasteiger partial charge in [0.15, 0.2) is 0 Å². The number of piperidine rings is 1. The van der Waals surface area contributed by atoms with Crippen LogP contribution in [0.2, 0.25) is 0 Å². The van der Waals surface area contributed by atoms with E-state index >= 15 is 0 Å². The van der Waals surface area contributed by atoms with Gasteiger partial charge < -0.3 is 14.8 Å². The molecule has 33 heavy (non-hydrogen) atoms. The topological polar surface area (TPSA) is 37.3 Å². The summed E-state index contributed by atoms with van der Waals surface area (Å²) in [5.41, 5.74) is 1.57. The van der Waals surface area contributed by atoms with Crippen LogP contribution in [0.3, 0.4) is 0 Å². The van der Waals surface area contributed by atoms with Crippen molar-refractivity contribution in [3.63, 3.8) is 0 Å². The minimum absolute atomic E-state index is 0.0302. The van der Waals surface area contributed by atoms with Gasteiger partial charge in [-0.2, -0.15) is 0 Å². The van der Waals surface area contributed by atoms with Gasteiger partial charge in [-0.05, 0) is 67.7 Å². The first-order valence-corrected chi connectivity index (χ1v) is 11.4. The summed E-state index contributed by atoms with van der Waals surface area (Å²) in [5, 5.41) is 4.36. The number of halogens is 3. The highest BCUT2D eigenvalue weighted by atomic mass is 19.1. The Labute approximate surface area is 190 Å². The number of pyridine rings is 1. The summed E-state index contributed by atoms with van der Waals surface area (Å²) in [6, 6.07) is 10.3. The number of nitrogens with one attached hydrogen (secondary N) is 1. The molecule has 0 spiro atoms. The molecule has 2 aromatic carbocycles. The highest BCUT2D eigenvalue weighted by Gasteiger charge is 2.31. The van der Waals surface area contributed by atoms with Crippen molar-refractivity contribution in [2.45, 2.75) is 31.3 Å². The largest absolute Gasteiger partial charge is 0.310 e. The molecule has 1 fully saturated rings. The Morgan fingerprint density at radius 2 is 1.76 bits per heavy atom. The average Bonchev–Trinajstić information content (AvgIpc) is 3.20. The van der Waals surface area contributed by atoms with Crippen LogP contribution in [0.25, 0.3) is 17.0 Å². The SMILES string of the molecule is O=c1ccc2ccc(F)c3c2n1C[C@@H]3CN1CCC(NC/C=C/c2cc(F)ccc2F)CC1. The fourth-order valence-electron chi connectivity index (χ4n) is 5.12. The van der Waals surface area contributed by atoms with Gasteiger partial charge in [0.05, 0.1) is 5.52 Å². The van der Waals surface area contributed by atoms with Crippen molar-refractivity contribution in [1.29, 1.82) is 0 Å². The van der Waals surface area contributed by atoms with Crippen LogP contribution < -0.4 is 10.9 Å². The predicted molar refractivity (Wildman–Crippen MR) is 124 cm³/mol. The Hall–Kier alpha value is -2.90. The summed E-state index contributed by atoms with van der Waals surface area (Å²) >= 11 is 0. The number of hydrogen-bond acceptors (Lipinski definition) is 3. The molecule has 1 N–H and O–H groups in total. The summed E-state index contributed by atoms with van der Waals surface area (Å²) < 4.78 is 43.3. The van der Waals surface area contributed by atoms with E-state index < -0.39 is 11.6 Å². The predicted octanol–water partition coefficient (Wildman–Crippen LogP) is 4.28. The number of rotatable bonds is 6. The molecule has 0 radical (unpaired) electrons. The second-order valence-corrected chi connectivity index (χ2v) is 8.93. The molecular weight excluding hydrogens is 427 g/mol. The van der Waals surface area contributed by atoms with Crippen LogP contribution in [0.1, 0.15) is 29.9 Å². The Morgan fingerprint density at radius 3 is 2.58 bits per heavy atom. The molecule has 0 saturated carbocycles. The van der Waals surface area contributed by atoms with E-state index in [4.69, 9.17) is 0 Å². The van der Waals surface area contributed by atoms with Crippen LogP contribution >= 0.6 is 0 Å². The maximum absolute atomic E-state index is 14.7. The molecule has 3 heterocycles. The van der Waals surface area contributed by atoms with Gasteiger partial charge in [-0.15, -0.1) is 0 Å². The lowest BCUT2D eigenvalue weighted by molar-refractivity contribution is 0.186. The fourth-order valence-corrected chi connectivity index (χ4v) is 5.12. The highest BCUT2D eigenvalue weighted by molar-refractivity contribution is 5.84. The Morgan fingerprint density at radius 1 is 1.00 bits per heavy atom. The Balaban J connectivity index is 1.15. The molecule has 1 saturated heterocycles. The first-order valence-electron chi connectivity index (χ1n) is 11.4. The number of hydrogen-bond donors (Lipinski definition) is 1. The maximum atomic E-state index is 14.7. The molecule has 0 aliphatic carbocycles. The van der Waals surface area contributed by atoms with E-state index in [0.717, 1.165) is 55.5 Å². The van der Waals surface area contributed by atoms with Crippen molar-refractivity contribution in [3.8, 4) is 0 Å². The fraction of sp³-hybridized carbons (Fsp3) is 0.346. The molecule has 0 bridgehead atoms. The first kappa shape index (κ1) is 21.9. The zero-order valence-electron chi connectivity index (χ0n) is 18.2. The van der Waals surface area contributed by atoms with Crippen molar-refractivity contribution in [2.75, 3.05) is 26.2 Å². The van der Waals surface area contributed by atoms with Crippen molar-refractivity contribution in [1.82, 2.24) is 14.8 Å². The van der Waals surface area contributed by atoms with Crippen LogP contribution in [0, 0.1) is 17.5 Å². The molecule has 0 unspecified atom stereocenters. The van der Waals surface area contributed by atoms with E-state index in [1.807, 2.05) is 0 Å². The number of aromatic nitrogens is 1. The molecule has 0 amide bonds. The summed E-state index contributed by atoms with van der Waals surface area (Å²) in [4.78, 5) is 14.7. The molecule has 2 aliphatic heterocycles. The zero-order chi connectivity index (χ0) is 22.9. The Kier molecular flexibility index (Phi) is 6.08. The molecular formula is C26H26F3N3O. The third-order valence-corrected chi connectivity index (χ3v) is 6.79. The number of likely N-dealkylation sites (tertiary alicyclic amines) is 1. The van der Waals surface area contributed by atoms with Gasteiger partial charge in [0.1, 0.15) is 17.5 Å². The van der Waals surface area contributed by atoms with Crippen molar-refractivity contribution in [3.05, 3.63) is 87.5 Å². The van der Waals surface area contributed by atoms with Crippen LogP contribution in [0.15, 0.2) is 53.3 Å². The average molecular weight is 454 g/mol. The molecule has 1 atom stereocenters. The summed E-state index contributed by atoms with van der Waals surface area (Å²) in [6.45, 7) is 3.60. The number of benzene rings is 2. The van der Waals surface area contributed by atoms with E-state index in [2.05, 4.69) is 10.2 Å². The smallest absolute Gasteiger partial charge is 0.251 e. The van der Waals surface area contributed by atoms with E-state index in [1.54, 1.807) is 34.9 Å². The van der Waals surface area contributed by atoms with Gasteiger partial charge in [-0.3, -0.25) is 4.79 Å². The van der Waals surface area contributed by atoms with Crippen molar-refractivity contribution >= 4 is 17.0 Å². The normalized spacial score (nSPS) is 19.2. The van der Waals surface area contributed by atoms with Crippen molar-refractivity contribution in [2.24, 2.45) is 0 Å². The molecule has 4 nitrogen and oxygen atoms in total. The monoisotopic (exact) mass is 453 g/mol. The molecule has 5 rings (SSSR count). The third-order valence-electron chi connectivity index (χ3n) is 6.79. The van der Waals surface area contributed by atoms with Gasteiger partial charge in [0.2, 0.25) is 0 Å². The van der Waals surface area contributed by atoms with Gasteiger partial charge in [0.25, 0.3) is 5.56 Å². The van der Waals surface area contributed by atoms with Crippen LogP contribution in [0.5, 0.6) is 0 Å². The third kappa shape index (κ3) is 4.48. The minimum Gasteiger partial charge on any atom is -0.310 e. The molecule has 3 aromatic rings.